The lowest BCUT2D eigenvalue weighted by atomic mass is 9.90. The number of carbonyl (C=O) groups excluding carboxylic acids is 1. The average molecular weight is 475 g/mol. The standard InChI is InChI=1S/C19H17F3INO2/c20-19(21,22)16-8-6-15(7-9-16)18(13-23)10-11-24(17(25)26-18)12-14-4-2-1-3-5-14/h1-9H,10-13H2/t18-/m0/s1. The lowest BCUT2D eigenvalue weighted by Crippen LogP contribution is -2.48. The van der Waals surface area contributed by atoms with Crippen molar-refractivity contribution < 1.29 is 22.7 Å². The topological polar surface area (TPSA) is 29.5 Å². The highest BCUT2D eigenvalue weighted by Crippen LogP contribution is 2.38. The van der Waals surface area contributed by atoms with Crippen LogP contribution in [0.3, 0.4) is 0 Å². The van der Waals surface area contributed by atoms with Gasteiger partial charge in [-0.15, -0.1) is 0 Å². The van der Waals surface area contributed by atoms with Crippen molar-refractivity contribution >= 4 is 28.7 Å². The first-order valence-electron chi connectivity index (χ1n) is 8.10. The summed E-state index contributed by atoms with van der Waals surface area (Å²) in [6, 6.07) is 14.5. The normalized spacial score (nSPS) is 20.8. The van der Waals surface area contributed by atoms with Gasteiger partial charge in [-0.25, -0.2) is 4.79 Å². The summed E-state index contributed by atoms with van der Waals surface area (Å²) in [7, 11) is 0. The zero-order valence-electron chi connectivity index (χ0n) is 13.8. The van der Waals surface area contributed by atoms with E-state index in [-0.39, 0.29) is 0 Å². The van der Waals surface area contributed by atoms with Crippen molar-refractivity contribution in [3.05, 3.63) is 71.3 Å². The van der Waals surface area contributed by atoms with Gasteiger partial charge in [-0.3, -0.25) is 0 Å². The summed E-state index contributed by atoms with van der Waals surface area (Å²) in [5, 5.41) is 0. The lowest BCUT2D eigenvalue weighted by Gasteiger charge is -2.40. The number of ether oxygens (including phenoxy) is 1. The number of cyclic esters (lactones) is 1. The van der Waals surface area contributed by atoms with Crippen LogP contribution < -0.4 is 0 Å². The maximum atomic E-state index is 12.8. The minimum absolute atomic E-state index is 0.448. The van der Waals surface area contributed by atoms with E-state index in [9.17, 15) is 18.0 Å². The molecule has 1 amide bonds. The molecular formula is C19H17F3INO2. The Labute approximate surface area is 163 Å². The van der Waals surface area contributed by atoms with Crippen LogP contribution in [0.25, 0.3) is 0 Å². The number of benzene rings is 2. The van der Waals surface area contributed by atoms with Crippen LogP contribution in [0.5, 0.6) is 0 Å². The van der Waals surface area contributed by atoms with Crippen molar-refractivity contribution in [2.24, 2.45) is 0 Å². The van der Waals surface area contributed by atoms with Crippen LogP contribution in [0.2, 0.25) is 0 Å². The molecule has 1 atom stereocenters. The number of nitrogens with zero attached hydrogens (tertiary/aromatic N) is 1. The third kappa shape index (κ3) is 3.97. The summed E-state index contributed by atoms with van der Waals surface area (Å²) in [6.07, 6.45) is -4.30. The van der Waals surface area contributed by atoms with Gasteiger partial charge in [0.1, 0.15) is 5.60 Å². The third-order valence-electron chi connectivity index (χ3n) is 4.50. The van der Waals surface area contributed by atoms with Crippen molar-refractivity contribution in [2.45, 2.75) is 24.7 Å². The van der Waals surface area contributed by atoms with Crippen molar-refractivity contribution in [1.29, 1.82) is 0 Å². The van der Waals surface area contributed by atoms with Crippen LogP contribution >= 0.6 is 22.6 Å². The average Bonchev–Trinajstić information content (AvgIpc) is 2.64. The van der Waals surface area contributed by atoms with Gasteiger partial charge in [0.15, 0.2) is 0 Å². The molecule has 2 aromatic rings. The van der Waals surface area contributed by atoms with Crippen molar-refractivity contribution in [3.63, 3.8) is 0 Å². The maximum absolute atomic E-state index is 12.8. The predicted molar refractivity (Wildman–Crippen MR) is 100.0 cm³/mol. The molecule has 7 heteroatoms. The molecule has 138 valence electrons. The molecule has 0 radical (unpaired) electrons. The summed E-state index contributed by atoms with van der Waals surface area (Å²) in [6.45, 7) is 0.932. The van der Waals surface area contributed by atoms with Crippen LogP contribution in [0.4, 0.5) is 18.0 Å². The summed E-state index contributed by atoms with van der Waals surface area (Å²) in [5.74, 6) is 0. The van der Waals surface area contributed by atoms with Gasteiger partial charge in [0.05, 0.1) is 5.56 Å². The molecule has 1 saturated heterocycles. The molecule has 2 aromatic carbocycles. The molecule has 1 aliphatic rings. The molecule has 1 heterocycles. The fourth-order valence-corrected chi connectivity index (χ4v) is 3.95. The van der Waals surface area contributed by atoms with Crippen molar-refractivity contribution in [1.82, 2.24) is 4.90 Å². The Hall–Kier alpha value is -1.77. The Morgan fingerprint density at radius 1 is 1.08 bits per heavy atom. The molecule has 0 saturated carbocycles. The van der Waals surface area contributed by atoms with Crippen LogP contribution in [-0.4, -0.2) is 22.0 Å². The molecule has 0 aliphatic carbocycles. The lowest BCUT2D eigenvalue weighted by molar-refractivity contribution is -0.137. The van der Waals surface area contributed by atoms with Gasteiger partial charge < -0.3 is 9.64 Å². The molecule has 0 bridgehead atoms. The van der Waals surface area contributed by atoms with E-state index in [1.165, 1.54) is 12.1 Å². The summed E-state index contributed by atoms with van der Waals surface area (Å²) < 4.78 is 44.5. The Bertz CT molecular complexity index is 765. The number of hydrogen-bond acceptors (Lipinski definition) is 2. The second-order valence-corrected chi connectivity index (χ2v) is 6.99. The molecule has 3 nitrogen and oxygen atoms in total. The number of alkyl halides is 4. The molecule has 1 fully saturated rings. The number of amides is 1. The number of carbonyl (C=O) groups is 1. The summed E-state index contributed by atoms with van der Waals surface area (Å²) in [5.41, 5.74) is -0.0131. The first-order chi connectivity index (χ1) is 12.3. The maximum Gasteiger partial charge on any atom is 0.416 e. The monoisotopic (exact) mass is 475 g/mol. The highest BCUT2D eigenvalue weighted by molar-refractivity contribution is 14.1. The molecule has 3 rings (SSSR count). The van der Waals surface area contributed by atoms with Crippen molar-refractivity contribution in [2.75, 3.05) is 11.0 Å². The second-order valence-electron chi connectivity index (χ2n) is 6.23. The highest BCUT2D eigenvalue weighted by atomic mass is 127. The second kappa shape index (κ2) is 7.46. The summed E-state index contributed by atoms with van der Waals surface area (Å²) in [4.78, 5) is 14.1. The van der Waals surface area contributed by atoms with Crippen molar-refractivity contribution in [3.8, 4) is 0 Å². The minimum Gasteiger partial charge on any atom is -0.437 e. The Morgan fingerprint density at radius 2 is 1.73 bits per heavy atom. The van der Waals surface area contributed by atoms with Crippen LogP contribution in [0, 0.1) is 0 Å². The quantitative estimate of drug-likeness (QED) is 0.439. The van der Waals surface area contributed by atoms with Gasteiger partial charge in [0.25, 0.3) is 0 Å². The number of halogens is 4. The number of hydrogen-bond donors (Lipinski definition) is 0. The van der Waals surface area contributed by atoms with E-state index in [4.69, 9.17) is 4.74 Å². The Kier molecular flexibility index (Phi) is 5.45. The van der Waals surface area contributed by atoms with E-state index < -0.39 is 23.4 Å². The van der Waals surface area contributed by atoms with Gasteiger partial charge >= 0.3 is 12.3 Å². The molecule has 26 heavy (non-hydrogen) atoms. The van der Waals surface area contributed by atoms with Gasteiger partial charge in [-0.2, -0.15) is 13.2 Å². The third-order valence-corrected chi connectivity index (χ3v) is 5.73. The highest BCUT2D eigenvalue weighted by Gasteiger charge is 2.42. The fraction of sp³-hybridized carbons (Fsp3) is 0.316. The van der Waals surface area contributed by atoms with Gasteiger partial charge in [-0.1, -0.05) is 65.1 Å². The van der Waals surface area contributed by atoms with E-state index in [1.807, 2.05) is 30.3 Å². The first-order valence-corrected chi connectivity index (χ1v) is 9.62. The van der Waals surface area contributed by atoms with Crippen LogP contribution in [-0.2, 0) is 23.1 Å². The van der Waals surface area contributed by atoms with Gasteiger partial charge in [0, 0.05) is 23.9 Å². The molecule has 0 N–H and O–H groups in total. The zero-order chi connectivity index (χ0) is 18.8. The first kappa shape index (κ1) is 19.0. The Morgan fingerprint density at radius 3 is 2.27 bits per heavy atom. The molecular weight excluding hydrogens is 458 g/mol. The molecule has 0 unspecified atom stereocenters. The number of rotatable bonds is 4. The van der Waals surface area contributed by atoms with E-state index in [0.717, 1.165) is 17.7 Å². The van der Waals surface area contributed by atoms with E-state index >= 15 is 0 Å². The summed E-state index contributed by atoms with van der Waals surface area (Å²) >= 11 is 2.11. The zero-order valence-corrected chi connectivity index (χ0v) is 16.0. The largest absolute Gasteiger partial charge is 0.437 e. The molecule has 1 aliphatic heterocycles. The fourth-order valence-electron chi connectivity index (χ4n) is 2.97. The Balaban J connectivity index is 1.76. The molecule has 0 spiro atoms. The molecule has 0 aromatic heterocycles. The van der Waals surface area contributed by atoms with Gasteiger partial charge in [-0.05, 0) is 23.3 Å². The van der Waals surface area contributed by atoms with E-state index in [1.54, 1.807) is 4.90 Å². The van der Waals surface area contributed by atoms with Crippen LogP contribution in [0.1, 0.15) is 23.1 Å². The van der Waals surface area contributed by atoms with E-state index in [0.29, 0.717) is 29.5 Å². The smallest absolute Gasteiger partial charge is 0.416 e. The van der Waals surface area contributed by atoms with Gasteiger partial charge in [0.2, 0.25) is 0 Å². The van der Waals surface area contributed by atoms with Crippen LogP contribution in [0.15, 0.2) is 54.6 Å². The SMILES string of the molecule is O=C1O[C@@](CI)(c2ccc(C(F)(F)F)cc2)CCN1Cc1ccccc1. The minimum atomic E-state index is -4.38. The predicted octanol–water partition coefficient (Wildman–Crippen LogP) is 5.38. The van der Waals surface area contributed by atoms with E-state index in [2.05, 4.69) is 22.6 Å².